The minimum atomic E-state index is 0.194. The Bertz CT molecular complexity index is 365. The normalized spacial score (nSPS) is 7.73. The molecule has 0 unspecified atom stereocenters. The van der Waals surface area contributed by atoms with Crippen molar-refractivity contribution in [1.29, 1.82) is 15.8 Å². The van der Waals surface area contributed by atoms with Crippen LogP contribution in [0.3, 0.4) is 0 Å². The van der Waals surface area contributed by atoms with E-state index in [2.05, 4.69) is 0 Å². The summed E-state index contributed by atoms with van der Waals surface area (Å²) in [6.45, 7) is 0. The summed E-state index contributed by atoms with van der Waals surface area (Å²) >= 11 is 1.12. The lowest BCUT2D eigenvalue weighted by molar-refractivity contribution is 1.45. The number of hydrogen-bond acceptors (Lipinski definition) is 4. The van der Waals surface area contributed by atoms with Crippen LogP contribution < -0.4 is 0 Å². The smallest absolute Gasteiger partial charge is 0.124 e. The molecule has 0 fully saturated rings. The van der Waals surface area contributed by atoms with Gasteiger partial charge < -0.3 is 0 Å². The Morgan fingerprint density at radius 2 is 1.82 bits per heavy atom. The molecular formula is C7HN3S. The maximum absolute atomic E-state index is 8.50. The second-order valence-electron chi connectivity index (χ2n) is 1.69. The maximum Gasteiger partial charge on any atom is 0.124 e. The van der Waals surface area contributed by atoms with Gasteiger partial charge in [0.05, 0.1) is 11.1 Å². The summed E-state index contributed by atoms with van der Waals surface area (Å²) in [4.78, 5) is 0.309. The van der Waals surface area contributed by atoms with E-state index in [0.717, 1.165) is 11.3 Å². The predicted octanol–water partition coefficient (Wildman–Crippen LogP) is 1.36. The monoisotopic (exact) mass is 159 g/mol. The van der Waals surface area contributed by atoms with Gasteiger partial charge in [0.15, 0.2) is 0 Å². The first kappa shape index (κ1) is 7.28. The minimum Gasteiger partial charge on any atom is -0.192 e. The summed E-state index contributed by atoms with van der Waals surface area (Å²) < 4.78 is 0. The third-order valence-corrected chi connectivity index (χ3v) is 2.01. The first-order chi connectivity index (χ1) is 5.33. The van der Waals surface area contributed by atoms with Crippen LogP contribution in [0.5, 0.6) is 0 Å². The molecule has 0 amide bonds. The van der Waals surface area contributed by atoms with E-state index in [1.807, 2.05) is 18.2 Å². The number of rotatable bonds is 0. The molecule has 0 aliphatic heterocycles. The second kappa shape index (κ2) is 2.84. The summed E-state index contributed by atoms with van der Waals surface area (Å²) in [6, 6.07) is 5.50. The van der Waals surface area contributed by atoms with Crippen LogP contribution in [-0.4, -0.2) is 0 Å². The lowest BCUT2D eigenvalue weighted by Crippen LogP contribution is -1.77. The van der Waals surface area contributed by atoms with Crippen molar-refractivity contribution in [3.05, 3.63) is 21.4 Å². The van der Waals surface area contributed by atoms with Gasteiger partial charge in [-0.3, -0.25) is 0 Å². The molecule has 0 saturated carbocycles. The van der Waals surface area contributed by atoms with Crippen LogP contribution in [0.1, 0.15) is 16.0 Å². The van der Waals surface area contributed by atoms with Crippen LogP contribution in [0.4, 0.5) is 0 Å². The van der Waals surface area contributed by atoms with Crippen molar-refractivity contribution in [2.75, 3.05) is 0 Å². The van der Waals surface area contributed by atoms with Crippen molar-refractivity contribution in [2.24, 2.45) is 0 Å². The van der Waals surface area contributed by atoms with Gasteiger partial charge in [-0.05, 0) is 0 Å². The van der Waals surface area contributed by atoms with E-state index in [9.17, 15) is 0 Å². The lowest BCUT2D eigenvalue weighted by atomic mass is 10.2. The van der Waals surface area contributed by atoms with Gasteiger partial charge >= 0.3 is 0 Å². The molecule has 0 aliphatic carbocycles. The van der Waals surface area contributed by atoms with Crippen LogP contribution in [0.2, 0.25) is 0 Å². The molecule has 0 atom stereocenters. The largest absolute Gasteiger partial charge is 0.192 e. The van der Waals surface area contributed by atoms with Crippen LogP contribution in [-0.2, 0) is 0 Å². The molecule has 0 aliphatic rings. The molecule has 0 aromatic carbocycles. The molecule has 3 nitrogen and oxygen atoms in total. The molecule has 1 aromatic heterocycles. The standard InChI is InChI=1S/C7HN3S/c8-1-5-4-11-7(3-10)6(5)2-9/h4H. The number of nitrogens with zero attached hydrogens (tertiary/aromatic N) is 3. The van der Waals surface area contributed by atoms with E-state index < -0.39 is 0 Å². The molecule has 50 valence electrons. The summed E-state index contributed by atoms with van der Waals surface area (Å²) in [6.07, 6.45) is 0. The highest BCUT2D eigenvalue weighted by Gasteiger charge is 2.09. The van der Waals surface area contributed by atoms with Crippen LogP contribution in [0, 0.1) is 34.0 Å². The van der Waals surface area contributed by atoms with Gasteiger partial charge in [-0.15, -0.1) is 11.3 Å². The topological polar surface area (TPSA) is 71.4 Å². The Kier molecular flexibility index (Phi) is 1.88. The number of nitriles is 3. The fraction of sp³-hybridized carbons (Fsp3) is 0. The Morgan fingerprint density at radius 1 is 1.09 bits per heavy atom. The molecule has 0 radical (unpaired) electrons. The average molecular weight is 159 g/mol. The van der Waals surface area contributed by atoms with E-state index in [4.69, 9.17) is 15.8 Å². The van der Waals surface area contributed by atoms with Gasteiger partial charge in [0, 0.05) is 5.38 Å². The maximum atomic E-state index is 8.50. The summed E-state index contributed by atoms with van der Waals surface area (Å²) in [5.41, 5.74) is 0.481. The molecule has 0 bridgehead atoms. The fourth-order valence-electron chi connectivity index (χ4n) is 0.634. The number of thiophene rings is 1. The lowest BCUT2D eigenvalue weighted by Gasteiger charge is -1.79. The molecule has 1 aromatic rings. The Labute approximate surface area is 67.3 Å². The van der Waals surface area contributed by atoms with Gasteiger partial charge in [-0.1, -0.05) is 0 Å². The second-order valence-corrected chi connectivity index (χ2v) is 2.57. The van der Waals surface area contributed by atoms with Crippen LogP contribution in [0.15, 0.2) is 5.38 Å². The van der Waals surface area contributed by atoms with Gasteiger partial charge in [-0.2, -0.15) is 15.8 Å². The van der Waals surface area contributed by atoms with E-state index in [-0.39, 0.29) is 11.1 Å². The van der Waals surface area contributed by atoms with Crippen molar-refractivity contribution in [2.45, 2.75) is 0 Å². The highest BCUT2D eigenvalue weighted by molar-refractivity contribution is 7.10. The number of hydrogen-bond donors (Lipinski definition) is 0. The molecule has 11 heavy (non-hydrogen) atoms. The zero-order chi connectivity index (χ0) is 8.27. The van der Waals surface area contributed by atoms with E-state index in [1.165, 1.54) is 5.38 Å². The molecule has 0 N–H and O–H groups in total. The third kappa shape index (κ3) is 1.05. The van der Waals surface area contributed by atoms with Crippen LogP contribution in [0.25, 0.3) is 0 Å². The Balaban J connectivity index is 3.41. The van der Waals surface area contributed by atoms with Crippen molar-refractivity contribution in [3.63, 3.8) is 0 Å². The Hall–Kier alpha value is -1.83. The molecular weight excluding hydrogens is 158 g/mol. The Morgan fingerprint density at radius 3 is 2.27 bits per heavy atom. The molecule has 1 heterocycles. The zero-order valence-electron chi connectivity index (χ0n) is 5.33. The highest BCUT2D eigenvalue weighted by atomic mass is 32.1. The molecule has 0 spiro atoms. The van der Waals surface area contributed by atoms with Crippen LogP contribution >= 0.6 is 11.3 Å². The first-order valence-electron chi connectivity index (χ1n) is 2.65. The van der Waals surface area contributed by atoms with Crippen molar-refractivity contribution in [1.82, 2.24) is 0 Å². The summed E-state index contributed by atoms with van der Waals surface area (Å²) in [5.74, 6) is 0. The zero-order valence-corrected chi connectivity index (χ0v) is 6.14. The van der Waals surface area contributed by atoms with Gasteiger partial charge in [-0.25, -0.2) is 0 Å². The fourth-order valence-corrected chi connectivity index (χ4v) is 1.37. The van der Waals surface area contributed by atoms with Crippen molar-refractivity contribution < 1.29 is 0 Å². The highest BCUT2D eigenvalue weighted by Crippen LogP contribution is 2.19. The van der Waals surface area contributed by atoms with Gasteiger partial charge in [0.1, 0.15) is 23.1 Å². The minimum absolute atomic E-state index is 0.194. The summed E-state index contributed by atoms with van der Waals surface area (Å²) in [5, 5.41) is 26.9. The van der Waals surface area contributed by atoms with Crippen molar-refractivity contribution in [3.8, 4) is 18.2 Å². The van der Waals surface area contributed by atoms with Gasteiger partial charge in [0.2, 0.25) is 0 Å². The first-order valence-corrected chi connectivity index (χ1v) is 3.53. The van der Waals surface area contributed by atoms with E-state index >= 15 is 0 Å². The van der Waals surface area contributed by atoms with Crippen molar-refractivity contribution >= 4 is 11.3 Å². The predicted molar refractivity (Wildman–Crippen MR) is 38.5 cm³/mol. The average Bonchev–Trinajstić information content (AvgIpc) is 2.45. The summed E-state index contributed by atoms with van der Waals surface area (Å²) in [7, 11) is 0. The molecule has 0 saturated heterocycles. The van der Waals surface area contributed by atoms with Gasteiger partial charge in [0.25, 0.3) is 0 Å². The SMILES string of the molecule is N#Cc1csc(C#N)c1C#N. The third-order valence-electron chi connectivity index (χ3n) is 1.12. The molecule has 4 heteroatoms. The van der Waals surface area contributed by atoms with E-state index in [0.29, 0.717) is 4.88 Å². The quantitative estimate of drug-likeness (QED) is 0.573. The van der Waals surface area contributed by atoms with E-state index in [1.54, 1.807) is 0 Å². The molecule has 1 rings (SSSR count).